The number of pyridine rings is 1. The number of aliphatic hydroxyl groups is 1. The van der Waals surface area contributed by atoms with Gasteiger partial charge in [-0.05, 0) is 80.8 Å². The number of carbonyl (C=O) groups excluding carboxylic acids is 1. The molecule has 1 amide bonds. The summed E-state index contributed by atoms with van der Waals surface area (Å²) < 4.78 is 70.6. The molecule has 0 unspecified atom stereocenters. The minimum Gasteiger partial charge on any atom is -0.488 e. The predicted octanol–water partition coefficient (Wildman–Crippen LogP) is 5.90. The van der Waals surface area contributed by atoms with E-state index in [0.29, 0.717) is 30.1 Å². The highest BCUT2D eigenvalue weighted by molar-refractivity contribution is 6.31. The van der Waals surface area contributed by atoms with E-state index in [-0.39, 0.29) is 45.9 Å². The van der Waals surface area contributed by atoms with Crippen molar-refractivity contribution in [1.82, 2.24) is 20.1 Å². The van der Waals surface area contributed by atoms with Gasteiger partial charge in [-0.2, -0.15) is 18.3 Å². The summed E-state index contributed by atoms with van der Waals surface area (Å²) in [7, 11) is 0. The van der Waals surface area contributed by atoms with E-state index in [1.807, 2.05) is 10.9 Å². The molecule has 246 valence electrons. The molecule has 4 aliphatic rings. The maximum Gasteiger partial charge on any atom is 0.414 e. The Balaban J connectivity index is 1.16. The Morgan fingerprint density at radius 2 is 1.91 bits per heavy atom. The van der Waals surface area contributed by atoms with E-state index in [1.165, 1.54) is 12.1 Å². The van der Waals surface area contributed by atoms with Crippen molar-refractivity contribution in [1.29, 1.82) is 0 Å². The summed E-state index contributed by atoms with van der Waals surface area (Å²) in [4.78, 5) is 18.2. The van der Waals surface area contributed by atoms with Crippen LogP contribution in [0.5, 0.6) is 11.5 Å². The van der Waals surface area contributed by atoms with Crippen LogP contribution in [-0.4, -0.2) is 51.2 Å². The first-order valence-electron chi connectivity index (χ1n) is 15.5. The number of ether oxygens (including phenoxy) is 2. The molecule has 4 aromatic rings. The number of fused-ring (bicyclic) bond motifs is 2. The number of halogens is 5. The van der Waals surface area contributed by atoms with Gasteiger partial charge in [0, 0.05) is 28.3 Å². The normalized spacial score (nSPS) is 22.1. The van der Waals surface area contributed by atoms with Crippen LogP contribution in [-0.2, 0) is 11.1 Å². The third-order valence-corrected chi connectivity index (χ3v) is 9.69. The van der Waals surface area contributed by atoms with Crippen LogP contribution in [0, 0.1) is 11.7 Å². The van der Waals surface area contributed by atoms with E-state index in [4.69, 9.17) is 31.9 Å². The van der Waals surface area contributed by atoms with Crippen LogP contribution in [0.2, 0.25) is 5.02 Å². The Morgan fingerprint density at radius 1 is 1.15 bits per heavy atom. The fourth-order valence-corrected chi connectivity index (χ4v) is 6.31. The Hall–Kier alpha value is -3.94. The Bertz CT molecular complexity index is 1940. The summed E-state index contributed by atoms with van der Waals surface area (Å²) in [6.45, 7) is -1.27. The maximum atomic E-state index is 14.4. The Labute approximate surface area is 271 Å². The zero-order valence-electron chi connectivity index (χ0n) is 24.9. The van der Waals surface area contributed by atoms with Crippen molar-refractivity contribution >= 4 is 28.4 Å². The van der Waals surface area contributed by atoms with Gasteiger partial charge in [0.05, 0.1) is 29.4 Å². The van der Waals surface area contributed by atoms with Gasteiger partial charge in [0.1, 0.15) is 35.0 Å². The van der Waals surface area contributed by atoms with Gasteiger partial charge >= 0.3 is 6.18 Å². The van der Waals surface area contributed by atoms with E-state index >= 15 is 0 Å². The number of nitrogens with two attached hydrogens (primary N) is 1. The average Bonchev–Trinajstić information content (AvgIpc) is 3.91. The van der Waals surface area contributed by atoms with Gasteiger partial charge in [-0.15, -0.1) is 0 Å². The first-order chi connectivity index (χ1) is 22.3. The van der Waals surface area contributed by atoms with E-state index in [9.17, 15) is 27.5 Å². The van der Waals surface area contributed by atoms with E-state index in [2.05, 4.69) is 10.3 Å². The van der Waals surface area contributed by atoms with Crippen molar-refractivity contribution in [2.24, 2.45) is 11.7 Å². The number of hydrogen-bond donors (Lipinski definition) is 3. The standard InChI is InChI=1S/C33H30ClF4N5O4/c34-23-10-16(1-8-24(23)35)28-29-22(32(39,15-46-29)33(36,37)38)12-26(41-28)31(45,19-2-3-19)14-40-30(44)17-9-18-13-43(20-4-5-20)42-27(18)25(11-17)47-21-6-7-21/h1,8-13,19-21,45H,2-7,14-15,39H2,(H,40,44)/t31-,32+/m1/s1. The molecular formula is C33H30ClF4N5O4. The fourth-order valence-electron chi connectivity index (χ4n) is 6.13. The second-order valence-electron chi connectivity index (χ2n) is 13.1. The minimum atomic E-state index is -4.91. The monoisotopic (exact) mass is 671 g/mol. The van der Waals surface area contributed by atoms with Crippen molar-refractivity contribution in [2.45, 2.75) is 68.0 Å². The summed E-state index contributed by atoms with van der Waals surface area (Å²) >= 11 is 6.02. The first kappa shape index (κ1) is 30.4. The number of carbonyl (C=O) groups is 1. The van der Waals surface area contributed by atoms with Gasteiger partial charge in [0.15, 0.2) is 11.3 Å². The zero-order valence-corrected chi connectivity index (χ0v) is 25.7. The molecule has 4 N–H and O–H groups in total. The number of alkyl halides is 3. The molecule has 2 atom stereocenters. The molecule has 14 heteroatoms. The van der Waals surface area contributed by atoms with Crippen LogP contribution in [0.15, 0.2) is 42.6 Å². The molecule has 9 nitrogen and oxygen atoms in total. The number of benzene rings is 2. The first-order valence-corrected chi connectivity index (χ1v) is 15.9. The molecule has 0 bridgehead atoms. The van der Waals surface area contributed by atoms with Gasteiger partial charge in [0.2, 0.25) is 0 Å². The molecule has 3 fully saturated rings. The molecule has 3 heterocycles. The third kappa shape index (κ3) is 5.28. The second-order valence-corrected chi connectivity index (χ2v) is 13.5. The average molecular weight is 672 g/mol. The molecule has 1 aliphatic heterocycles. The molecule has 3 saturated carbocycles. The van der Waals surface area contributed by atoms with Crippen LogP contribution in [0.25, 0.3) is 22.2 Å². The van der Waals surface area contributed by atoms with Gasteiger partial charge in [0.25, 0.3) is 5.91 Å². The van der Waals surface area contributed by atoms with Crippen molar-refractivity contribution in [3.05, 3.63) is 70.3 Å². The molecule has 2 aromatic heterocycles. The number of rotatable bonds is 9. The second kappa shape index (κ2) is 10.5. The Morgan fingerprint density at radius 3 is 2.57 bits per heavy atom. The quantitative estimate of drug-likeness (QED) is 0.189. The van der Waals surface area contributed by atoms with Gasteiger partial charge in [-0.3, -0.25) is 9.48 Å². The van der Waals surface area contributed by atoms with Crippen LogP contribution < -0.4 is 20.5 Å². The molecule has 2 aromatic carbocycles. The lowest BCUT2D eigenvalue weighted by Gasteiger charge is -2.31. The van der Waals surface area contributed by atoms with Crippen LogP contribution >= 0.6 is 11.6 Å². The van der Waals surface area contributed by atoms with Crippen LogP contribution in [0.3, 0.4) is 0 Å². The molecular weight excluding hydrogens is 642 g/mol. The number of nitrogens with zero attached hydrogens (tertiary/aromatic N) is 3. The fraction of sp³-hybridized carbons (Fsp3) is 0.424. The van der Waals surface area contributed by atoms with E-state index in [1.54, 1.807) is 12.1 Å². The number of nitrogens with one attached hydrogen (secondary N) is 1. The number of amides is 1. The topological polar surface area (TPSA) is 125 Å². The van der Waals surface area contributed by atoms with Crippen molar-refractivity contribution in [3.8, 4) is 22.8 Å². The highest BCUT2D eigenvalue weighted by Gasteiger charge is 2.59. The summed E-state index contributed by atoms with van der Waals surface area (Å²) in [5.74, 6) is -1.38. The van der Waals surface area contributed by atoms with E-state index < -0.39 is 47.1 Å². The Kier molecular flexibility index (Phi) is 6.81. The maximum absolute atomic E-state index is 14.4. The molecule has 0 saturated heterocycles. The number of aromatic nitrogens is 3. The van der Waals surface area contributed by atoms with Crippen molar-refractivity contribution < 1.29 is 36.9 Å². The number of hydrogen-bond acceptors (Lipinski definition) is 7. The molecule has 47 heavy (non-hydrogen) atoms. The van der Waals surface area contributed by atoms with Crippen molar-refractivity contribution in [3.63, 3.8) is 0 Å². The third-order valence-electron chi connectivity index (χ3n) is 9.40. The van der Waals surface area contributed by atoms with E-state index in [0.717, 1.165) is 43.2 Å². The lowest BCUT2D eigenvalue weighted by atomic mass is 9.86. The highest BCUT2D eigenvalue weighted by atomic mass is 35.5. The van der Waals surface area contributed by atoms with Crippen LogP contribution in [0.4, 0.5) is 17.6 Å². The van der Waals surface area contributed by atoms with Gasteiger partial charge in [-0.1, -0.05) is 11.6 Å². The summed E-state index contributed by atoms with van der Waals surface area (Å²) in [5, 5.41) is 20.1. The molecule has 3 aliphatic carbocycles. The smallest absolute Gasteiger partial charge is 0.414 e. The molecule has 8 rings (SSSR count). The molecule has 0 radical (unpaired) electrons. The summed E-state index contributed by atoms with van der Waals surface area (Å²) in [6, 6.07) is 8.36. The highest BCUT2D eigenvalue weighted by Crippen LogP contribution is 2.52. The van der Waals surface area contributed by atoms with Gasteiger partial charge < -0.3 is 25.6 Å². The lowest BCUT2D eigenvalue weighted by molar-refractivity contribution is -0.191. The predicted molar refractivity (Wildman–Crippen MR) is 163 cm³/mol. The van der Waals surface area contributed by atoms with Gasteiger partial charge in [-0.25, -0.2) is 9.37 Å². The SMILES string of the molecule is N[C@@]1(C(F)(F)F)COc2c1cc([C@@](O)(CNC(=O)c1cc(OC3CC3)c3nn(C4CC4)cc3c1)C1CC1)nc2-c1ccc(F)c(Cl)c1. The largest absolute Gasteiger partial charge is 0.488 e. The molecule has 0 spiro atoms. The lowest BCUT2D eigenvalue weighted by Crippen LogP contribution is -2.52. The van der Waals surface area contributed by atoms with Crippen LogP contribution in [0.1, 0.15) is 66.2 Å². The summed E-state index contributed by atoms with van der Waals surface area (Å²) in [5.41, 5.74) is 1.67. The summed E-state index contributed by atoms with van der Waals surface area (Å²) in [6.07, 6.45) is 2.05. The minimum absolute atomic E-state index is 0.0638. The van der Waals surface area contributed by atoms with Crippen molar-refractivity contribution in [2.75, 3.05) is 13.2 Å². The zero-order chi connectivity index (χ0) is 32.9.